The summed E-state index contributed by atoms with van der Waals surface area (Å²) in [5, 5.41) is 0. The summed E-state index contributed by atoms with van der Waals surface area (Å²) in [5.41, 5.74) is 3.10. The zero-order valence-electron chi connectivity index (χ0n) is 12.5. The number of ether oxygens (including phenoxy) is 1. The Kier molecular flexibility index (Phi) is 4.67. The molecule has 1 aliphatic rings. The van der Waals surface area contributed by atoms with Crippen molar-refractivity contribution in [3.05, 3.63) is 65.2 Å². The second-order valence-corrected chi connectivity index (χ2v) is 5.56. The summed E-state index contributed by atoms with van der Waals surface area (Å²) in [6.07, 6.45) is 0.935. The topological polar surface area (TPSA) is 29.5 Å². The Morgan fingerprint density at radius 3 is 2.48 bits per heavy atom. The van der Waals surface area contributed by atoms with Crippen molar-refractivity contribution in [1.29, 1.82) is 0 Å². The number of halogens is 2. The molecule has 0 N–H and O–H groups in total. The molecule has 0 aromatic heterocycles. The number of hydrogen-bond acceptors (Lipinski definition) is 3. The predicted molar refractivity (Wildman–Crippen MR) is 82.8 cm³/mol. The molecule has 0 fully saturated rings. The fraction of sp³-hybridized carbons (Fsp3) is 0.278. The Hall–Kier alpha value is -2.27. The van der Waals surface area contributed by atoms with Gasteiger partial charge in [-0.05, 0) is 41.8 Å². The normalized spacial score (nSPS) is 14.6. The smallest absolute Gasteiger partial charge is 0.387 e. The Balaban J connectivity index is 1.61. The van der Waals surface area contributed by atoms with Crippen molar-refractivity contribution in [2.75, 3.05) is 13.1 Å². The number of rotatable bonds is 5. The third-order valence-corrected chi connectivity index (χ3v) is 3.98. The summed E-state index contributed by atoms with van der Waals surface area (Å²) in [6.45, 7) is -0.933. The lowest BCUT2D eigenvalue weighted by molar-refractivity contribution is -0.0498. The van der Waals surface area contributed by atoms with Crippen molar-refractivity contribution >= 4 is 5.78 Å². The molecule has 2 aromatic carbocycles. The van der Waals surface area contributed by atoms with Gasteiger partial charge in [0.2, 0.25) is 0 Å². The van der Waals surface area contributed by atoms with Gasteiger partial charge in [0.05, 0.1) is 6.54 Å². The second kappa shape index (κ2) is 6.87. The average molecular weight is 317 g/mol. The molecule has 5 heteroatoms. The van der Waals surface area contributed by atoms with Gasteiger partial charge in [0.1, 0.15) is 5.75 Å². The Labute approximate surface area is 133 Å². The minimum absolute atomic E-state index is 0.0204. The standard InChI is InChI=1S/C18H17F2NO2/c19-18(20)23-16-7-5-14(6-8-16)17(22)12-21-10-9-13-3-1-2-4-15(13)11-21/h1-8,18H,9-12H2. The number of hydrogen-bond donors (Lipinski definition) is 0. The van der Waals surface area contributed by atoms with E-state index in [2.05, 4.69) is 21.8 Å². The quantitative estimate of drug-likeness (QED) is 0.790. The molecule has 1 heterocycles. The van der Waals surface area contributed by atoms with Crippen LogP contribution in [-0.2, 0) is 13.0 Å². The lowest BCUT2D eigenvalue weighted by atomic mass is 9.99. The third-order valence-electron chi connectivity index (χ3n) is 3.98. The van der Waals surface area contributed by atoms with Crippen molar-refractivity contribution in [1.82, 2.24) is 4.90 Å². The summed E-state index contributed by atoms with van der Waals surface area (Å²) >= 11 is 0. The van der Waals surface area contributed by atoms with Crippen LogP contribution in [0, 0.1) is 0 Å². The Bertz CT molecular complexity index is 686. The van der Waals surface area contributed by atoms with Gasteiger partial charge in [-0.3, -0.25) is 9.69 Å². The fourth-order valence-electron chi connectivity index (χ4n) is 2.81. The number of carbonyl (C=O) groups excluding carboxylic acids is 1. The average Bonchev–Trinajstić information content (AvgIpc) is 2.55. The number of alkyl halides is 2. The number of fused-ring (bicyclic) bond motifs is 1. The van der Waals surface area contributed by atoms with E-state index >= 15 is 0 Å². The van der Waals surface area contributed by atoms with E-state index in [9.17, 15) is 13.6 Å². The number of ketones is 1. The maximum atomic E-state index is 12.3. The highest BCUT2D eigenvalue weighted by Crippen LogP contribution is 2.19. The van der Waals surface area contributed by atoms with Crippen LogP contribution in [0.15, 0.2) is 48.5 Å². The van der Waals surface area contributed by atoms with Crippen LogP contribution >= 0.6 is 0 Å². The molecule has 23 heavy (non-hydrogen) atoms. The molecular weight excluding hydrogens is 300 g/mol. The molecule has 3 rings (SSSR count). The molecular formula is C18H17F2NO2. The number of Topliss-reactive ketones (excluding diaryl/α,β-unsaturated/α-hetero) is 1. The van der Waals surface area contributed by atoms with Gasteiger partial charge in [-0.1, -0.05) is 24.3 Å². The number of benzene rings is 2. The summed E-state index contributed by atoms with van der Waals surface area (Å²) in [6, 6.07) is 14.1. The Morgan fingerprint density at radius 2 is 1.78 bits per heavy atom. The van der Waals surface area contributed by atoms with Crippen LogP contribution in [0.25, 0.3) is 0 Å². The highest BCUT2D eigenvalue weighted by molar-refractivity contribution is 5.97. The monoisotopic (exact) mass is 317 g/mol. The minimum atomic E-state index is -2.86. The van der Waals surface area contributed by atoms with Crippen LogP contribution < -0.4 is 4.74 Å². The van der Waals surface area contributed by atoms with Gasteiger partial charge in [0, 0.05) is 18.7 Å². The first-order chi connectivity index (χ1) is 11.1. The van der Waals surface area contributed by atoms with Crippen LogP contribution in [0.4, 0.5) is 8.78 Å². The molecule has 0 aliphatic carbocycles. The molecule has 120 valence electrons. The summed E-state index contributed by atoms with van der Waals surface area (Å²) in [5.74, 6) is 0.0384. The molecule has 0 amide bonds. The molecule has 2 aromatic rings. The molecule has 0 spiro atoms. The van der Waals surface area contributed by atoms with Crippen molar-refractivity contribution in [2.24, 2.45) is 0 Å². The summed E-state index contributed by atoms with van der Waals surface area (Å²) in [4.78, 5) is 14.4. The van der Waals surface area contributed by atoms with E-state index in [1.54, 1.807) is 0 Å². The third kappa shape index (κ3) is 3.93. The van der Waals surface area contributed by atoms with Gasteiger partial charge in [-0.25, -0.2) is 0 Å². The van der Waals surface area contributed by atoms with Crippen molar-refractivity contribution < 1.29 is 18.3 Å². The van der Waals surface area contributed by atoms with E-state index < -0.39 is 6.61 Å². The highest BCUT2D eigenvalue weighted by Gasteiger charge is 2.18. The van der Waals surface area contributed by atoms with Gasteiger partial charge in [-0.15, -0.1) is 0 Å². The Morgan fingerprint density at radius 1 is 1.09 bits per heavy atom. The van der Waals surface area contributed by atoms with Crippen molar-refractivity contribution in [3.63, 3.8) is 0 Å². The van der Waals surface area contributed by atoms with Crippen LogP contribution in [0.1, 0.15) is 21.5 Å². The van der Waals surface area contributed by atoms with E-state index in [-0.39, 0.29) is 11.5 Å². The summed E-state index contributed by atoms with van der Waals surface area (Å²) < 4.78 is 28.5. The lowest BCUT2D eigenvalue weighted by Gasteiger charge is -2.28. The zero-order chi connectivity index (χ0) is 16.2. The molecule has 1 aliphatic heterocycles. The molecule has 0 saturated carbocycles. The predicted octanol–water partition coefficient (Wildman–Crippen LogP) is 3.53. The van der Waals surface area contributed by atoms with Gasteiger partial charge in [0.25, 0.3) is 0 Å². The highest BCUT2D eigenvalue weighted by atomic mass is 19.3. The van der Waals surface area contributed by atoms with E-state index in [4.69, 9.17) is 0 Å². The molecule has 0 unspecified atom stereocenters. The van der Waals surface area contributed by atoms with Crippen LogP contribution in [0.5, 0.6) is 5.75 Å². The van der Waals surface area contributed by atoms with Crippen LogP contribution in [0.2, 0.25) is 0 Å². The SMILES string of the molecule is O=C(CN1CCc2ccccc2C1)c1ccc(OC(F)F)cc1. The maximum Gasteiger partial charge on any atom is 0.387 e. The minimum Gasteiger partial charge on any atom is -0.435 e. The van der Waals surface area contributed by atoms with Crippen molar-refractivity contribution in [3.8, 4) is 5.75 Å². The van der Waals surface area contributed by atoms with E-state index in [0.717, 1.165) is 19.5 Å². The first-order valence-corrected chi connectivity index (χ1v) is 7.49. The number of carbonyl (C=O) groups is 1. The maximum absolute atomic E-state index is 12.3. The first-order valence-electron chi connectivity index (χ1n) is 7.49. The van der Waals surface area contributed by atoms with E-state index in [1.807, 2.05) is 12.1 Å². The van der Waals surface area contributed by atoms with E-state index in [1.165, 1.54) is 35.4 Å². The molecule has 0 atom stereocenters. The lowest BCUT2D eigenvalue weighted by Crippen LogP contribution is -2.34. The molecule has 0 bridgehead atoms. The van der Waals surface area contributed by atoms with Gasteiger partial charge < -0.3 is 4.74 Å². The van der Waals surface area contributed by atoms with Crippen LogP contribution in [0.3, 0.4) is 0 Å². The summed E-state index contributed by atoms with van der Waals surface area (Å²) in [7, 11) is 0. The fourth-order valence-corrected chi connectivity index (χ4v) is 2.81. The second-order valence-electron chi connectivity index (χ2n) is 5.56. The van der Waals surface area contributed by atoms with Gasteiger partial charge in [0.15, 0.2) is 5.78 Å². The zero-order valence-corrected chi connectivity index (χ0v) is 12.5. The van der Waals surface area contributed by atoms with Gasteiger partial charge in [-0.2, -0.15) is 8.78 Å². The van der Waals surface area contributed by atoms with E-state index in [0.29, 0.717) is 12.1 Å². The molecule has 3 nitrogen and oxygen atoms in total. The first kappa shape index (κ1) is 15.6. The molecule has 0 saturated heterocycles. The van der Waals surface area contributed by atoms with Gasteiger partial charge >= 0.3 is 6.61 Å². The van der Waals surface area contributed by atoms with Crippen molar-refractivity contribution in [2.45, 2.75) is 19.6 Å². The largest absolute Gasteiger partial charge is 0.435 e. The molecule has 0 radical (unpaired) electrons. The van der Waals surface area contributed by atoms with Crippen LogP contribution in [-0.4, -0.2) is 30.4 Å². The number of nitrogens with zero attached hydrogens (tertiary/aromatic N) is 1.